The van der Waals surface area contributed by atoms with Gasteiger partial charge in [0.05, 0.1) is 32.3 Å². The molecule has 4 N–H and O–H groups in total. The third-order valence-corrected chi connectivity index (χ3v) is 8.37. The molecule has 39 heavy (non-hydrogen) atoms. The minimum Gasteiger partial charge on any atom is -0.493 e. The number of nitrogens with zero attached hydrogens (tertiary/aromatic N) is 1. The van der Waals surface area contributed by atoms with Crippen LogP contribution in [0.4, 0.5) is 0 Å². The molecule has 1 heterocycles. The summed E-state index contributed by atoms with van der Waals surface area (Å²) in [5, 5.41) is 33.6. The van der Waals surface area contributed by atoms with Crippen molar-refractivity contribution >= 4 is 11.8 Å². The summed E-state index contributed by atoms with van der Waals surface area (Å²) in [7, 11) is 1.51. The lowest BCUT2D eigenvalue weighted by molar-refractivity contribution is -0.138. The van der Waals surface area contributed by atoms with Crippen LogP contribution >= 0.6 is 0 Å². The van der Waals surface area contributed by atoms with Crippen LogP contribution in [0.15, 0.2) is 23.8 Å². The van der Waals surface area contributed by atoms with E-state index in [1.807, 2.05) is 0 Å². The third kappa shape index (κ3) is 6.42. The topological polar surface area (TPSA) is 129 Å². The van der Waals surface area contributed by atoms with Crippen molar-refractivity contribution in [3.63, 3.8) is 0 Å². The van der Waals surface area contributed by atoms with Crippen molar-refractivity contribution in [2.75, 3.05) is 26.8 Å². The minimum atomic E-state index is -1.07. The Kier molecular flexibility index (Phi) is 10.3. The van der Waals surface area contributed by atoms with Gasteiger partial charge in [-0.25, -0.2) is 0 Å². The summed E-state index contributed by atoms with van der Waals surface area (Å²) in [6.45, 7) is 2.29. The number of ether oxygens (including phenoxy) is 2. The summed E-state index contributed by atoms with van der Waals surface area (Å²) in [6.07, 6.45) is 8.59. The second-order valence-electron chi connectivity index (χ2n) is 11.0. The molecule has 9 nitrogen and oxygen atoms in total. The second-order valence-corrected chi connectivity index (χ2v) is 11.0. The van der Waals surface area contributed by atoms with Gasteiger partial charge in [-0.05, 0) is 49.0 Å². The van der Waals surface area contributed by atoms with E-state index in [0.29, 0.717) is 47.1 Å². The lowest BCUT2D eigenvalue weighted by atomic mass is 9.77. The monoisotopic (exact) mass is 544 g/mol. The number of benzene rings is 1. The summed E-state index contributed by atoms with van der Waals surface area (Å²) in [5.74, 6) is 0.208. The Morgan fingerprint density at radius 2 is 1.92 bits per heavy atom. The van der Waals surface area contributed by atoms with Gasteiger partial charge in [-0.15, -0.1) is 0 Å². The minimum absolute atomic E-state index is 0.00271. The summed E-state index contributed by atoms with van der Waals surface area (Å²) < 4.78 is 11.8. The number of aliphatic hydroxyl groups excluding tert-OH is 3. The highest BCUT2D eigenvalue weighted by molar-refractivity contribution is 5.96. The molecule has 216 valence electrons. The number of fused-ring (bicyclic) bond motifs is 3. The van der Waals surface area contributed by atoms with Gasteiger partial charge in [0.2, 0.25) is 11.8 Å². The van der Waals surface area contributed by atoms with E-state index < -0.39 is 24.2 Å². The van der Waals surface area contributed by atoms with E-state index in [-0.39, 0.29) is 31.6 Å². The Morgan fingerprint density at radius 1 is 1.15 bits per heavy atom. The Balaban J connectivity index is 1.72. The first-order valence-corrected chi connectivity index (χ1v) is 14.5. The number of carbonyl (C=O) groups excluding carboxylic acids is 2. The van der Waals surface area contributed by atoms with Crippen molar-refractivity contribution in [1.29, 1.82) is 0 Å². The van der Waals surface area contributed by atoms with Crippen LogP contribution in [0.2, 0.25) is 0 Å². The van der Waals surface area contributed by atoms with Crippen molar-refractivity contribution in [2.24, 2.45) is 5.92 Å². The van der Waals surface area contributed by atoms with Gasteiger partial charge in [-0.3, -0.25) is 9.59 Å². The van der Waals surface area contributed by atoms with Crippen molar-refractivity contribution < 1.29 is 34.4 Å². The van der Waals surface area contributed by atoms with Crippen molar-refractivity contribution in [2.45, 2.75) is 95.5 Å². The summed E-state index contributed by atoms with van der Waals surface area (Å²) in [4.78, 5) is 28.9. The van der Waals surface area contributed by atoms with E-state index in [1.54, 1.807) is 23.1 Å². The number of hydrogen-bond acceptors (Lipinski definition) is 7. The molecule has 0 bridgehead atoms. The first-order chi connectivity index (χ1) is 18.9. The fourth-order valence-corrected chi connectivity index (χ4v) is 6.35. The molecule has 1 aliphatic heterocycles. The average Bonchev–Trinajstić information content (AvgIpc) is 3.60. The van der Waals surface area contributed by atoms with Crippen molar-refractivity contribution in [3.05, 3.63) is 34.9 Å². The number of methoxy groups -OCH3 is 1. The zero-order valence-electron chi connectivity index (χ0n) is 23.2. The van der Waals surface area contributed by atoms with Crippen LogP contribution in [0.5, 0.6) is 11.5 Å². The van der Waals surface area contributed by atoms with Gasteiger partial charge in [-0.1, -0.05) is 39.0 Å². The summed E-state index contributed by atoms with van der Waals surface area (Å²) in [5.41, 5.74) is 1.64. The molecule has 1 aromatic carbocycles. The van der Waals surface area contributed by atoms with Crippen molar-refractivity contribution in [3.8, 4) is 11.5 Å². The lowest BCUT2D eigenvalue weighted by Gasteiger charge is -2.41. The number of carbonyl (C=O) groups is 2. The quantitative estimate of drug-likeness (QED) is 0.281. The molecule has 9 heteroatoms. The Hall–Kier alpha value is -2.62. The van der Waals surface area contributed by atoms with Gasteiger partial charge >= 0.3 is 0 Å². The fraction of sp³-hybridized carbons (Fsp3) is 0.667. The summed E-state index contributed by atoms with van der Waals surface area (Å²) in [6, 6.07) is 2.73. The van der Waals surface area contributed by atoms with Crippen LogP contribution in [0, 0.1) is 5.92 Å². The Labute approximate surface area is 231 Å². The van der Waals surface area contributed by atoms with E-state index in [4.69, 9.17) is 9.47 Å². The van der Waals surface area contributed by atoms with Gasteiger partial charge in [-0.2, -0.15) is 0 Å². The summed E-state index contributed by atoms with van der Waals surface area (Å²) >= 11 is 0. The maximum absolute atomic E-state index is 13.7. The molecule has 1 saturated carbocycles. The Bertz CT molecular complexity index is 1040. The molecule has 2 aliphatic carbocycles. The van der Waals surface area contributed by atoms with Gasteiger partial charge < -0.3 is 35.0 Å². The number of aliphatic hydroxyl groups is 3. The average molecular weight is 545 g/mol. The molecule has 0 spiro atoms. The van der Waals surface area contributed by atoms with E-state index in [2.05, 4.69) is 12.2 Å². The van der Waals surface area contributed by atoms with E-state index >= 15 is 0 Å². The van der Waals surface area contributed by atoms with Crippen LogP contribution in [-0.2, 0) is 16.2 Å². The SMILES string of the molecule is CCCCCCN(C(=O)CC1CCCC1)[C@@H]1C=C(C(=O)NCCO)[C@@H]2c3cc(CO)cc(OC)c3O[C@@H]2[C@H]1O. The first-order valence-electron chi connectivity index (χ1n) is 14.5. The standard InChI is InChI=1S/C30H44N2O7/c1-3-4-5-8-12-32(25(35)16-19-9-6-7-10-19)23-17-22(30(37)31-11-13-33)26-21-14-20(18-34)15-24(38-2)28(21)39-29(26)27(23)36/h14-15,17,19,23,26-27,29,33-34,36H,3-13,16,18H2,1-2H3,(H,31,37)/t23-,26+,27+,29+/m1/s1. The predicted molar refractivity (Wildman–Crippen MR) is 146 cm³/mol. The fourth-order valence-electron chi connectivity index (χ4n) is 6.35. The van der Waals surface area contributed by atoms with Crippen LogP contribution < -0.4 is 14.8 Å². The number of amides is 2. The lowest BCUT2D eigenvalue weighted by Crippen LogP contribution is -2.56. The molecule has 0 unspecified atom stereocenters. The molecular weight excluding hydrogens is 500 g/mol. The van der Waals surface area contributed by atoms with Gasteiger partial charge in [0, 0.05) is 30.6 Å². The molecule has 4 atom stereocenters. The molecule has 3 aliphatic rings. The Morgan fingerprint density at radius 3 is 2.59 bits per heavy atom. The number of rotatable bonds is 13. The number of unbranched alkanes of at least 4 members (excludes halogenated alkanes) is 3. The number of hydrogen-bond donors (Lipinski definition) is 4. The zero-order valence-corrected chi connectivity index (χ0v) is 23.2. The smallest absolute Gasteiger partial charge is 0.247 e. The normalized spacial score (nSPS) is 24.0. The molecule has 4 rings (SSSR count). The van der Waals surface area contributed by atoms with Crippen LogP contribution in [0.1, 0.15) is 81.8 Å². The predicted octanol–water partition coefficient (Wildman–Crippen LogP) is 2.80. The van der Waals surface area contributed by atoms with Gasteiger partial charge in [0.1, 0.15) is 12.2 Å². The highest BCUT2D eigenvalue weighted by Gasteiger charge is 2.51. The molecular formula is C30H44N2O7. The molecule has 0 saturated heterocycles. The third-order valence-electron chi connectivity index (χ3n) is 8.37. The molecule has 0 aromatic heterocycles. The van der Waals surface area contributed by atoms with Crippen LogP contribution in [0.25, 0.3) is 0 Å². The highest BCUT2D eigenvalue weighted by atomic mass is 16.5. The van der Waals surface area contributed by atoms with Crippen molar-refractivity contribution in [1.82, 2.24) is 10.2 Å². The first kappa shape index (κ1) is 29.4. The second kappa shape index (κ2) is 13.6. The molecule has 2 amide bonds. The maximum Gasteiger partial charge on any atom is 0.247 e. The van der Waals surface area contributed by atoms with Crippen LogP contribution in [-0.4, -0.2) is 77.1 Å². The van der Waals surface area contributed by atoms with E-state index in [0.717, 1.165) is 51.4 Å². The number of nitrogens with one attached hydrogen (secondary N) is 1. The molecule has 0 radical (unpaired) electrons. The van der Waals surface area contributed by atoms with E-state index in [1.165, 1.54) is 7.11 Å². The van der Waals surface area contributed by atoms with Gasteiger partial charge in [0.25, 0.3) is 0 Å². The van der Waals surface area contributed by atoms with Crippen LogP contribution in [0.3, 0.4) is 0 Å². The largest absolute Gasteiger partial charge is 0.493 e. The van der Waals surface area contributed by atoms with Gasteiger partial charge in [0.15, 0.2) is 11.5 Å². The van der Waals surface area contributed by atoms with E-state index in [9.17, 15) is 24.9 Å². The highest BCUT2D eigenvalue weighted by Crippen LogP contribution is 2.51. The zero-order chi connectivity index (χ0) is 27.9. The maximum atomic E-state index is 13.7. The molecule has 1 fully saturated rings. The molecule has 1 aromatic rings.